The lowest BCUT2D eigenvalue weighted by Crippen LogP contribution is -2.23. The van der Waals surface area contributed by atoms with Crippen molar-refractivity contribution in [3.63, 3.8) is 0 Å². The van der Waals surface area contributed by atoms with Crippen LogP contribution in [0.3, 0.4) is 0 Å². The Morgan fingerprint density at radius 2 is 1.87 bits per heavy atom. The van der Waals surface area contributed by atoms with E-state index in [4.69, 9.17) is 4.74 Å². The van der Waals surface area contributed by atoms with Crippen LogP contribution in [0.5, 0.6) is 0 Å². The number of carbonyl (C=O) groups is 1. The van der Waals surface area contributed by atoms with Crippen molar-refractivity contribution in [3.8, 4) is 0 Å². The number of allylic oxidation sites excluding steroid dienone is 2. The third kappa shape index (κ3) is 11.1. The number of ether oxygens (including phenoxy) is 1. The molecule has 0 aromatic carbocycles. The molecule has 0 aliphatic rings. The number of unbranched alkanes of at least 4 members (excludes halogenated alkanes) is 3. The highest BCUT2D eigenvalue weighted by Gasteiger charge is 2.15. The lowest BCUT2D eigenvalue weighted by Gasteiger charge is -2.19. The fourth-order valence-corrected chi connectivity index (χ4v) is 1.27. The number of esters is 1. The minimum absolute atomic E-state index is 0.0754. The van der Waals surface area contributed by atoms with E-state index in [0.717, 1.165) is 25.7 Å². The fraction of sp³-hybridized carbons (Fsp3) is 0.769. The minimum Gasteiger partial charge on any atom is -0.460 e. The van der Waals surface area contributed by atoms with E-state index in [-0.39, 0.29) is 11.6 Å². The van der Waals surface area contributed by atoms with Crippen LogP contribution in [-0.2, 0) is 9.53 Å². The standard InChI is InChI=1S/C13H24O2/c1-5-6-7-8-9-10-11-12(14)15-13(2,3)4/h5-6H,7-11H2,1-4H3. The van der Waals surface area contributed by atoms with Crippen molar-refractivity contribution in [2.75, 3.05) is 0 Å². The summed E-state index contributed by atoms with van der Waals surface area (Å²) in [5.74, 6) is -0.0754. The summed E-state index contributed by atoms with van der Waals surface area (Å²) in [6.45, 7) is 7.73. The van der Waals surface area contributed by atoms with Gasteiger partial charge in [0, 0.05) is 6.42 Å². The van der Waals surface area contributed by atoms with Crippen molar-refractivity contribution < 1.29 is 9.53 Å². The Hall–Kier alpha value is -0.790. The maximum atomic E-state index is 11.3. The number of hydrogen-bond donors (Lipinski definition) is 0. The van der Waals surface area contributed by atoms with Gasteiger partial charge >= 0.3 is 5.97 Å². The van der Waals surface area contributed by atoms with E-state index >= 15 is 0 Å². The largest absolute Gasteiger partial charge is 0.460 e. The van der Waals surface area contributed by atoms with E-state index in [2.05, 4.69) is 12.2 Å². The Morgan fingerprint density at radius 3 is 2.40 bits per heavy atom. The molecular formula is C13H24O2. The van der Waals surface area contributed by atoms with E-state index in [0.29, 0.717) is 6.42 Å². The maximum Gasteiger partial charge on any atom is 0.306 e. The van der Waals surface area contributed by atoms with Gasteiger partial charge in [-0.15, -0.1) is 0 Å². The van der Waals surface area contributed by atoms with Gasteiger partial charge in [-0.05, 0) is 47.0 Å². The maximum absolute atomic E-state index is 11.3. The molecule has 0 aliphatic carbocycles. The summed E-state index contributed by atoms with van der Waals surface area (Å²) in [4.78, 5) is 11.3. The van der Waals surface area contributed by atoms with Gasteiger partial charge < -0.3 is 4.74 Å². The first-order valence-electron chi connectivity index (χ1n) is 5.78. The third-order valence-electron chi connectivity index (χ3n) is 1.91. The zero-order valence-corrected chi connectivity index (χ0v) is 10.5. The van der Waals surface area contributed by atoms with E-state index in [1.807, 2.05) is 27.7 Å². The van der Waals surface area contributed by atoms with Crippen molar-refractivity contribution >= 4 is 5.97 Å². The number of hydrogen-bond acceptors (Lipinski definition) is 2. The molecule has 0 unspecified atom stereocenters. The lowest BCUT2D eigenvalue weighted by atomic mass is 10.1. The average molecular weight is 212 g/mol. The Labute approximate surface area is 93.7 Å². The predicted molar refractivity (Wildman–Crippen MR) is 63.7 cm³/mol. The molecule has 0 aliphatic heterocycles. The number of rotatable bonds is 6. The van der Waals surface area contributed by atoms with Crippen LogP contribution in [0.15, 0.2) is 12.2 Å². The van der Waals surface area contributed by atoms with Crippen LogP contribution >= 0.6 is 0 Å². The van der Waals surface area contributed by atoms with Crippen LogP contribution in [0.25, 0.3) is 0 Å². The number of carbonyl (C=O) groups excluding carboxylic acids is 1. The molecule has 0 saturated carbocycles. The van der Waals surface area contributed by atoms with Crippen LogP contribution in [0.2, 0.25) is 0 Å². The summed E-state index contributed by atoms with van der Waals surface area (Å²) in [5, 5.41) is 0. The second-order valence-electron chi connectivity index (χ2n) is 4.75. The molecule has 0 fully saturated rings. The van der Waals surface area contributed by atoms with Gasteiger partial charge in [-0.25, -0.2) is 0 Å². The molecule has 0 bridgehead atoms. The van der Waals surface area contributed by atoms with E-state index in [1.165, 1.54) is 0 Å². The quantitative estimate of drug-likeness (QED) is 0.380. The van der Waals surface area contributed by atoms with Gasteiger partial charge in [-0.2, -0.15) is 0 Å². The second-order valence-corrected chi connectivity index (χ2v) is 4.75. The van der Waals surface area contributed by atoms with Crippen LogP contribution in [0.4, 0.5) is 0 Å². The molecule has 0 heterocycles. The molecule has 0 saturated heterocycles. The van der Waals surface area contributed by atoms with Gasteiger partial charge in [0.05, 0.1) is 0 Å². The molecule has 0 radical (unpaired) electrons. The molecule has 0 amide bonds. The third-order valence-corrected chi connectivity index (χ3v) is 1.91. The Kier molecular flexibility index (Phi) is 7.10. The van der Waals surface area contributed by atoms with Crippen molar-refractivity contribution in [1.82, 2.24) is 0 Å². The van der Waals surface area contributed by atoms with Gasteiger partial charge in [-0.3, -0.25) is 4.79 Å². The van der Waals surface area contributed by atoms with Crippen LogP contribution in [-0.4, -0.2) is 11.6 Å². The Bertz CT molecular complexity index is 199. The van der Waals surface area contributed by atoms with E-state index in [9.17, 15) is 4.79 Å². The molecule has 0 aromatic rings. The average Bonchev–Trinajstić information content (AvgIpc) is 2.08. The molecule has 0 N–H and O–H groups in total. The fourth-order valence-electron chi connectivity index (χ4n) is 1.27. The molecular weight excluding hydrogens is 188 g/mol. The van der Waals surface area contributed by atoms with Crippen molar-refractivity contribution in [3.05, 3.63) is 12.2 Å². The second kappa shape index (κ2) is 7.49. The van der Waals surface area contributed by atoms with Crippen LogP contribution in [0, 0.1) is 0 Å². The summed E-state index contributed by atoms with van der Waals surface area (Å²) in [6, 6.07) is 0. The summed E-state index contributed by atoms with van der Waals surface area (Å²) in [7, 11) is 0. The highest BCUT2D eigenvalue weighted by Crippen LogP contribution is 2.11. The van der Waals surface area contributed by atoms with Gasteiger partial charge in [0.25, 0.3) is 0 Å². The molecule has 2 nitrogen and oxygen atoms in total. The Balaban J connectivity index is 3.40. The van der Waals surface area contributed by atoms with Crippen LogP contribution < -0.4 is 0 Å². The van der Waals surface area contributed by atoms with Crippen molar-refractivity contribution in [1.29, 1.82) is 0 Å². The lowest BCUT2D eigenvalue weighted by molar-refractivity contribution is -0.154. The summed E-state index contributed by atoms with van der Waals surface area (Å²) < 4.78 is 5.21. The highest BCUT2D eigenvalue weighted by atomic mass is 16.6. The van der Waals surface area contributed by atoms with Gasteiger partial charge in [0.15, 0.2) is 0 Å². The van der Waals surface area contributed by atoms with Crippen molar-refractivity contribution in [2.24, 2.45) is 0 Å². The molecule has 0 rings (SSSR count). The molecule has 2 heteroatoms. The monoisotopic (exact) mass is 212 g/mol. The van der Waals surface area contributed by atoms with Gasteiger partial charge in [0.2, 0.25) is 0 Å². The summed E-state index contributed by atoms with van der Waals surface area (Å²) in [5.41, 5.74) is -0.345. The Morgan fingerprint density at radius 1 is 1.20 bits per heavy atom. The zero-order chi connectivity index (χ0) is 11.7. The molecule has 15 heavy (non-hydrogen) atoms. The SMILES string of the molecule is CC=CCCCCCC(=O)OC(C)(C)C. The van der Waals surface area contributed by atoms with Gasteiger partial charge in [-0.1, -0.05) is 18.6 Å². The highest BCUT2D eigenvalue weighted by molar-refractivity contribution is 5.69. The topological polar surface area (TPSA) is 26.3 Å². The van der Waals surface area contributed by atoms with Crippen molar-refractivity contribution in [2.45, 2.75) is 65.4 Å². The molecule has 0 aromatic heterocycles. The van der Waals surface area contributed by atoms with E-state index < -0.39 is 0 Å². The molecule has 0 atom stereocenters. The predicted octanol–water partition coefficient (Wildman–Crippen LogP) is 3.85. The van der Waals surface area contributed by atoms with E-state index in [1.54, 1.807) is 0 Å². The normalized spacial score (nSPS) is 12.0. The first-order valence-corrected chi connectivity index (χ1v) is 5.78. The zero-order valence-electron chi connectivity index (χ0n) is 10.5. The smallest absolute Gasteiger partial charge is 0.306 e. The summed E-state index contributed by atoms with van der Waals surface area (Å²) >= 11 is 0. The summed E-state index contributed by atoms with van der Waals surface area (Å²) in [6.07, 6.45) is 9.09. The minimum atomic E-state index is -0.345. The first-order chi connectivity index (χ1) is 6.95. The molecule has 0 spiro atoms. The van der Waals surface area contributed by atoms with Crippen LogP contribution in [0.1, 0.15) is 59.8 Å². The molecule has 88 valence electrons. The van der Waals surface area contributed by atoms with Gasteiger partial charge in [0.1, 0.15) is 5.60 Å². The first kappa shape index (κ1) is 14.2.